The number of aryl methyl sites for hydroxylation is 2. The Morgan fingerprint density at radius 3 is 2.67 bits per heavy atom. The summed E-state index contributed by atoms with van der Waals surface area (Å²) in [6, 6.07) is 9.93. The third-order valence-corrected chi connectivity index (χ3v) is 5.16. The van der Waals surface area contributed by atoms with Crippen molar-refractivity contribution in [3.63, 3.8) is 0 Å². The van der Waals surface area contributed by atoms with E-state index in [-0.39, 0.29) is 5.91 Å². The number of hydrogen-bond donors (Lipinski definition) is 1. The summed E-state index contributed by atoms with van der Waals surface area (Å²) in [7, 11) is 0. The predicted octanol–water partition coefficient (Wildman–Crippen LogP) is 3.50. The number of amides is 1. The van der Waals surface area contributed by atoms with E-state index in [9.17, 15) is 4.79 Å². The molecule has 3 rings (SSSR count). The standard InChI is InChI=1S/C19H23N3OS/c1-14-11-16(13-22-7-9-24-10-8-22)4-6-18(14)21-19(23)17-5-3-15(2)20-12-17/h3-6,11-12H,7-10,13H2,1-2H3,(H,21,23). The van der Waals surface area contributed by atoms with Crippen molar-refractivity contribution in [2.45, 2.75) is 20.4 Å². The number of thioether (sulfide) groups is 1. The van der Waals surface area contributed by atoms with Crippen molar-refractivity contribution in [2.24, 2.45) is 0 Å². The number of pyridine rings is 1. The van der Waals surface area contributed by atoms with E-state index in [2.05, 4.69) is 27.3 Å². The summed E-state index contributed by atoms with van der Waals surface area (Å²) >= 11 is 2.03. The molecule has 0 saturated carbocycles. The van der Waals surface area contributed by atoms with Gasteiger partial charge < -0.3 is 5.32 Å². The van der Waals surface area contributed by atoms with Crippen LogP contribution in [0, 0.1) is 13.8 Å². The molecule has 1 aromatic heterocycles. The van der Waals surface area contributed by atoms with Gasteiger partial charge in [0.25, 0.3) is 5.91 Å². The molecule has 0 spiro atoms. The molecular weight excluding hydrogens is 318 g/mol. The van der Waals surface area contributed by atoms with Crippen molar-refractivity contribution in [1.82, 2.24) is 9.88 Å². The van der Waals surface area contributed by atoms with Crippen LogP contribution in [0.4, 0.5) is 5.69 Å². The number of carbonyl (C=O) groups excluding carboxylic acids is 1. The summed E-state index contributed by atoms with van der Waals surface area (Å²) in [6.45, 7) is 7.24. The Bertz CT molecular complexity index is 709. The molecule has 1 amide bonds. The highest BCUT2D eigenvalue weighted by Crippen LogP contribution is 2.20. The van der Waals surface area contributed by atoms with Crippen molar-refractivity contribution in [3.8, 4) is 0 Å². The second kappa shape index (κ2) is 7.81. The number of nitrogens with zero attached hydrogens (tertiary/aromatic N) is 2. The van der Waals surface area contributed by atoms with Gasteiger partial charge in [0, 0.05) is 48.7 Å². The zero-order valence-electron chi connectivity index (χ0n) is 14.2. The van der Waals surface area contributed by atoms with Crippen molar-refractivity contribution >= 4 is 23.4 Å². The molecule has 1 fully saturated rings. The van der Waals surface area contributed by atoms with E-state index >= 15 is 0 Å². The number of hydrogen-bond acceptors (Lipinski definition) is 4. The number of rotatable bonds is 4. The van der Waals surface area contributed by atoms with Gasteiger partial charge in [-0.15, -0.1) is 0 Å². The lowest BCUT2D eigenvalue weighted by Gasteiger charge is -2.26. The van der Waals surface area contributed by atoms with Crippen molar-refractivity contribution in [2.75, 3.05) is 29.9 Å². The zero-order chi connectivity index (χ0) is 16.9. The number of benzene rings is 1. The average molecular weight is 341 g/mol. The van der Waals surface area contributed by atoms with Crippen molar-refractivity contribution in [1.29, 1.82) is 0 Å². The molecule has 0 radical (unpaired) electrons. The highest BCUT2D eigenvalue weighted by Gasteiger charge is 2.12. The van der Waals surface area contributed by atoms with Gasteiger partial charge in [-0.05, 0) is 43.2 Å². The highest BCUT2D eigenvalue weighted by atomic mass is 32.2. The zero-order valence-corrected chi connectivity index (χ0v) is 15.0. The van der Waals surface area contributed by atoms with E-state index in [0.717, 1.165) is 36.6 Å². The van der Waals surface area contributed by atoms with Crippen LogP contribution in [-0.4, -0.2) is 40.4 Å². The van der Waals surface area contributed by atoms with Gasteiger partial charge in [-0.1, -0.05) is 12.1 Å². The average Bonchev–Trinajstić information content (AvgIpc) is 2.59. The summed E-state index contributed by atoms with van der Waals surface area (Å²) in [4.78, 5) is 19.0. The fourth-order valence-electron chi connectivity index (χ4n) is 2.78. The minimum absolute atomic E-state index is 0.119. The Kier molecular flexibility index (Phi) is 5.53. The first-order chi connectivity index (χ1) is 11.6. The lowest BCUT2D eigenvalue weighted by atomic mass is 10.1. The molecule has 1 saturated heterocycles. The van der Waals surface area contributed by atoms with E-state index in [1.165, 1.54) is 17.1 Å². The summed E-state index contributed by atoms with van der Waals surface area (Å²) < 4.78 is 0. The number of anilines is 1. The van der Waals surface area contributed by atoms with E-state index in [1.54, 1.807) is 12.3 Å². The van der Waals surface area contributed by atoms with Gasteiger partial charge >= 0.3 is 0 Å². The summed E-state index contributed by atoms with van der Waals surface area (Å²) in [6.07, 6.45) is 1.61. The highest BCUT2D eigenvalue weighted by molar-refractivity contribution is 7.99. The van der Waals surface area contributed by atoms with E-state index in [0.29, 0.717) is 5.56 Å². The molecule has 0 unspecified atom stereocenters. The predicted molar refractivity (Wildman–Crippen MR) is 101 cm³/mol. The fourth-order valence-corrected chi connectivity index (χ4v) is 3.76. The molecule has 1 N–H and O–H groups in total. The van der Waals surface area contributed by atoms with E-state index in [1.807, 2.05) is 37.7 Å². The molecule has 1 aromatic carbocycles. The van der Waals surface area contributed by atoms with Gasteiger partial charge in [0.05, 0.1) is 5.56 Å². The van der Waals surface area contributed by atoms with Gasteiger partial charge in [0.2, 0.25) is 0 Å². The monoisotopic (exact) mass is 341 g/mol. The van der Waals surface area contributed by atoms with E-state index < -0.39 is 0 Å². The second-order valence-electron chi connectivity index (χ2n) is 6.18. The smallest absolute Gasteiger partial charge is 0.257 e. The largest absolute Gasteiger partial charge is 0.322 e. The van der Waals surface area contributed by atoms with Crippen LogP contribution in [0.3, 0.4) is 0 Å². The number of aromatic nitrogens is 1. The van der Waals surface area contributed by atoms with Crippen molar-refractivity contribution in [3.05, 3.63) is 58.9 Å². The molecule has 1 aliphatic heterocycles. The van der Waals surface area contributed by atoms with Crippen LogP contribution in [-0.2, 0) is 6.54 Å². The molecule has 2 heterocycles. The minimum Gasteiger partial charge on any atom is -0.322 e. The Hall–Kier alpha value is -1.85. The van der Waals surface area contributed by atoms with Crippen LogP contribution >= 0.6 is 11.8 Å². The lowest BCUT2D eigenvalue weighted by molar-refractivity contribution is 0.102. The third-order valence-electron chi connectivity index (χ3n) is 4.22. The molecule has 4 nitrogen and oxygen atoms in total. The maximum atomic E-state index is 12.3. The Labute approximate surface area is 147 Å². The topological polar surface area (TPSA) is 45.2 Å². The van der Waals surface area contributed by atoms with Gasteiger partial charge in [0.15, 0.2) is 0 Å². The molecular formula is C19H23N3OS. The molecule has 2 aromatic rings. The first-order valence-corrected chi connectivity index (χ1v) is 9.41. The maximum Gasteiger partial charge on any atom is 0.257 e. The summed E-state index contributed by atoms with van der Waals surface area (Å²) in [5.41, 5.74) is 4.73. The Balaban J connectivity index is 1.65. The molecule has 0 atom stereocenters. The molecule has 0 bridgehead atoms. The van der Waals surface area contributed by atoms with Gasteiger partial charge in [0.1, 0.15) is 0 Å². The van der Waals surface area contributed by atoms with Crippen LogP contribution in [0.5, 0.6) is 0 Å². The molecule has 24 heavy (non-hydrogen) atoms. The number of carbonyl (C=O) groups is 1. The minimum atomic E-state index is -0.119. The number of nitrogens with one attached hydrogen (secondary N) is 1. The maximum absolute atomic E-state index is 12.3. The van der Waals surface area contributed by atoms with Gasteiger partial charge in [-0.2, -0.15) is 11.8 Å². The quantitative estimate of drug-likeness (QED) is 0.924. The Morgan fingerprint density at radius 2 is 2.00 bits per heavy atom. The molecule has 0 aliphatic carbocycles. The van der Waals surface area contributed by atoms with Crippen LogP contribution in [0.25, 0.3) is 0 Å². The normalized spacial score (nSPS) is 15.2. The molecule has 5 heteroatoms. The first kappa shape index (κ1) is 17.0. The third kappa shape index (κ3) is 4.36. The molecule has 1 aliphatic rings. The fraction of sp³-hybridized carbons (Fsp3) is 0.368. The Morgan fingerprint density at radius 1 is 1.21 bits per heavy atom. The van der Waals surface area contributed by atoms with E-state index in [4.69, 9.17) is 0 Å². The van der Waals surface area contributed by atoms with Crippen LogP contribution in [0.1, 0.15) is 27.2 Å². The van der Waals surface area contributed by atoms with Crippen molar-refractivity contribution < 1.29 is 4.79 Å². The van der Waals surface area contributed by atoms with Crippen LogP contribution < -0.4 is 5.32 Å². The lowest BCUT2D eigenvalue weighted by Crippen LogP contribution is -2.31. The first-order valence-electron chi connectivity index (χ1n) is 8.25. The van der Waals surface area contributed by atoms with Crippen LogP contribution in [0.15, 0.2) is 36.5 Å². The van der Waals surface area contributed by atoms with Crippen LogP contribution in [0.2, 0.25) is 0 Å². The summed E-state index contributed by atoms with van der Waals surface area (Å²) in [5, 5.41) is 2.98. The van der Waals surface area contributed by atoms with Gasteiger partial charge in [-0.25, -0.2) is 0 Å². The second-order valence-corrected chi connectivity index (χ2v) is 7.40. The SMILES string of the molecule is Cc1ccc(C(=O)Nc2ccc(CN3CCSCC3)cc2C)cn1. The molecule has 126 valence electrons. The van der Waals surface area contributed by atoms with Gasteiger partial charge in [-0.3, -0.25) is 14.7 Å². The summed E-state index contributed by atoms with van der Waals surface area (Å²) in [5.74, 6) is 2.32.